The van der Waals surface area contributed by atoms with Gasteiger partial charge in [0.1, 0.15) is 5.75 Å². The van der Waals surface area contributed by atoms with Gasteiger partial charge in [-0.1, -0.05) is 35.8 Å². The summed E-state index contributed by atoms with van der Waals surface area (Å²) in [6, 6.07) is 11.7. The molecule has 1 aromatic heterocycles. The van der Waals surface area contributed by atoms with Gasteiger partial charge < -0.3 is 9.72 Å². The number of hydrogen-bond acceptors (Lipinski definition) is 4. The lowest BCUT2D eigenvalue weighted by molar-refractivity contribution is 0.103. The molecule has 3 aromatic rings. The molecular weight excluding hydrogens is 528 g/mol. The first-order valence-electron chi connectivity index (χ1n) is 12.1. The highest BCUT2D eigenvalue weighted by atomic mass is 79.9. The zero-order valence-corrected chi connectivity index (χ0v) is 22.9. The molecule has 186 valence electrons. The Balaban J connectivity index is 1.34. The third-order valence-electron chi connectivity index (χ3n) is 7.54. The number of benzene rings is 2. The maximum Gasteiger partial charge on any atom is 0.216 e. The SMILES string of the molecule is CC(C)S(=O)(=O)N1CCC(COc2ccc3c(c2)C(C)(C)c2[nH]c4cc(Br)ccc4c2C3=O)CC1. The van der Waals surface area contributed by atoms with Crippen LogP contribution in [0.2, 0.25) is 0 Å². The maximum atomic E-state index is 13.5. The van der Waals surface area contributed by atoms with Crippen molar-refractivity contribution in [1.29, 1.82) is 0 Å². The van der Waals surface area contributed by atoms with Crippen molar-refractivity contribution in [3.05, 3.63) is 63.3 Å². The highest BCUT2D eigenvalue weighted by molar-refractivity contribution is 9.10. The summed E-state index contributed by atoms with van der Waals surface area (Å²) in [5, 5.41) is 0.550. The molecule has 1 aliphatic carbocycles. The predicted molar refractivity (Wildman–Crippen MR) is 142 cm³/mol. The number of hydrogen-bond donors (Lipinski definition) is 1. The van der Waals surface area contributed by atoms with Crippen LogP contribution in [0.5, 0.6) is 5.75 Å². The van der Waals surface area contributed by atoms with E-state index in [0.717, 1.165) is 50.8 Å². The molecule has 2 aliphatic rings. The lowest BCUT2D eigenvalue weighted by atomic mass is 9.71. The van der Waals surface area contributed by atoms with Crippen molar-refractivity contribution in [3.8, 4) is 5.75 Å². The molecule has 8 heteroatoms. The van der Waals surface area contributed by atoms with Crippen molar-refractivity contribution in [2.24, 2.45) is 5.92 Å². The van der Waals surface area contributed by atoms with Gasteiger partial charge in [0.25, 0.3) is 0 Å². The smallest absolute Gasteiger partial charge is 0.216 e. The summed E-state index contributed by atoms with van der Waals surface area (Å²) in [5.74, 6) is 1.08. The van der Waals surface area contributed by atoms with Crippen molar-refractivity contribution in [2.75, 3.05) is 19.7 Å². The summed E-state index contributed by atoms with van der Waals surface area (Å²) >= 11 is 3.52. The largest absolute Gasteiger partial charge is 0.493 e. The van der Waals surface area contributed by atoms with E-state index in [-0.39, 0.29) is 11.2 Å². The van der Waals surface area contributed by atoms with Crippen molar-refractivity contribution in [2.45, 2.75) is 51.2 Å². The predicted octanol–water partition coefficient (Wildman–Crippen LogP) is 5.63. The molecule has 1 aliphatic heterocycles. The summed E-state index contributed by atoms with van der Waals surface area (Å²) in [4.78, 5) is 17.0. The molecule has 0 spiro atoms. The number of halogens is 1. The fourth-order valence-electron chi connectivity index (χ4n) is 5.31. The van der Waals surface area contributed by atoms with E-state index >= 15 is 0 Å². The molecule has 35 heavy (non-hydrogen) atoms. The van der Waals surface area contributed by atoms with Crippen LogP contribution in [0, 0.1) is 5.92 Å². The van der Waals surface area contributed by atoms with Gasteiger partial charge in [0.05, 0.1) is 17.4 Å². The normalized spacial score (nSPS) is 18.6. The Kier molecular flexibility index (Phi) is 6.13. The Labute approximate surface area is 215 Å². The first-order valence-corrected chi connectivity index (χ1v) is 14.4. The molecule has 2 heterocycles. The lowest BCUT2D eigenvalue weighted by Gasteiger charge is -2.33. The first-order chi connectivity index (χ1) is 16.5. The number of nitrogens with zero attached hydrogens (tertiary/aromatic N) is 1. The standard InChI is InChI=1S/C27H31BrN2O4S/c1-16(2)35(32,33)30-11-9-17(10-12-30)15-34-19-6-8-20-22(14-19)27(3,4)26-24(25(20)31)21-7-5-18(28)13-23(21)29-26/h5-8,13-14,16-17,29H,9-12,15H2,1-4H3. The Bertz CT molecular complexity index is 1420. The Morgan fingerprint density at radius 2 is 1.86 bits per heavy atom. The zero-order valence-electron chi connectivity index (χ0n) is 20.5. The number of H-pyrrole nitrogens is 1. The van der Waals surface area contributed by atoms with Crippen molar-refractivity contribution < 1.29 is 17.9 Å². The molecule has 1 saturated heterocycles. The minimum absolute atomic E-state index is 0.0354. The van der Waals surface area contributed by atoms with Gasteiger partial charge in [-0.15, -0.1) is 0 Å². The van der Waals surface area contributed by atoms with E-state index in [1.807, 2.05) is 36.4 Å². The van der Waals surface area contributed by atoms with Gasteiger partial charge in [0.2, 0.25) is 10.0 Å². The van der Waals surface area contributed by atoms with Crippen LogP contribution in [0.1, 0.15) is 67.7 Å². The summed E-state index contributed by atoms with van der Waals surface area (Å²) in [6.45, 7) is 9.34. The highest BCUT2D eigenvalue weighted by Crippen LogP contribution is 2.45. The molecule has 1 N–H and O–H groups in total. The second-order valence-electron chi connectivity index (χ2n) is 10.5. The molecule has 2 aromatic carbocycles. The quantitative estimate of drug-likeness (QED) is 0.440. The summed E-state index contributed by atoms with van der Waals surface area (Å²) < 4.78 is 33.6. The summed E-state index contributed by atoms with van der Waals surface area (Å²) in [5.41, 5.74) is 3.91. The molecule has 5 rings (SSSR count). The number of piperidine rings is 1. The molecular formula is C27H31BrN2O4S. The van der Waals surface area contributed by atoms with E-state index in [0.29, 0.717) is 31.2 Å². The van der Waals surface area contributed by atoms with Crippen LogP contribution in [0.4, 0.5) is 0 Å². The van der Waals surface area contributed by atoms with Crippen LogP contribution >= 0.6 is 15.9 Å². The number of carbonyl (C=O) groups is 1. The van der Waals surface area contributed by atoms with Crippen LogP contribution in [0.3, 0.4) is 0 Å². The van der Waals surface area contributed by atoms with E-state index in [1.54, 1.807) is 18.2 Å². The number of rotatable bonds is 5. The maximum absolute atomic E-state index is 13.5. The van der Waals surface area contributed by atoms with E-state index < -0.39 is 15.3 Å². The molecule has 0 saturated carbocycles. The van der Waals surface area contributed by atoms with Gasteiger partial charge in [-0.25, -0.2) is 12.7 Å². The van der Waals surface area contributed by atoms with E-state index in [4.69, 9.17) is 4.74 Å². The molecule has 0 amide bonds. The van der Waals surface area contributed by atoms with Gasteiger partial charge in [-0.05, 0) is 68.5 Å². The van der Waals surface area contributed by atoms with Gasteiger partial charge in [-0.3, -0.25) is 4.79 Å². The number of ketones is 1. The molecule has 6 nitrogen and oxygen atoms in total. The van der Waals surface area contributed by atoms with E-state index in [2.05, 4.69) is 34.8 Å². The number of fused-ring (bicyclic) bond motifs is 4. The van der Waals surface area contributed by atoms with Crippen LogP contribution in [-0.2, 0) is 15.4 Å². The summed E-state index contributed by atoms with van der Waals surface area (Å²) in [7, 11) is -3.20. The molecule has 1 fully saturated rings. The number of sulfonamides is 1. The Morgan fingerprint density at radius 3 is 2.54 bits per heavy atom. The second-order valence-corrected chi connectivity index (χ2v) is 13.9. The number of nitrogens with one attached hydrogen (secondary N) is 1. The van der Waals surface area contributed by atoms with Crippen molar-refractivity contribution in [3.63, 3.8) is 0 Å². The molecule has 0 radical (unpaired) electrons. The van der Waals surface area contributed by atoms with Crippen LogP contribution in [-0.4, -0.2) is 48.4 Å². The lowest BCUT2D eigenvalue weighted by Crippen LogP contribution is -2.42. The first kappa shape index (κ1) is 24.5. The highest BCUT2D eigenvalue weighted by Gasteiger charge is 2.40. The van der Waals surface area contributed by atoms with E-state index in [1.165, 1.54) is 0 Å². The number of carbonyl (C=O) groups excluding carboxylic acids is 1. The molecule has 0 bridgehead atoms. The molecule has 0 atom stereocenters. The average Bonchev–Trinajstić information content (AvgIpc) is 3.21. The second kappa shape index (κ2) is 8.75. The topological polar surface area (TPSA) is 79.5 Å². The van der Waals surface area contributed by atoms with Crippen LogP contribution < -0.4 is 4.74 Å². The number of ether oxygens (including phenoxy) is 1. The van der Waals surface area contributed by atoms with Gasteiger partial charge in [-0.2, -0.15) is 0 Å². The van der Waals surface area contributed by atoms with Crippen LogP contribution in [0.15, 0.2) is 40.9 Å². The van der Waals surface area contributed by atoms with Gasteiger partial charge in [0, 0.05) is 45.1 Å². The Morgan fingerprint density at radius 1 is 1.14 bits per heavy atom. The third kappa shape index (κ3) is 4.13. The molecule has 0 unspecified atom stereocenters. The van der Waals surface area contributed by atoms with Crippen molar-refractivity contribution in [1.82, 2.24) is 9.29 Å². The van der Waals surface area contributed by atoms with Gasteiger partial charge >= 0.3 is 0 Å². The number of aromatic nitrogens is 1. The fourth-order valence-corrected chi connectivity index (χ4v) is 6.99. The third-order valence-corrected chi connectivity index (χ3v) is 10.3. The monoisotopic (exact) mass is 558 g/mol. The summed E-state index contributed by atoms with van der Waals surface area (Å²) in [6.07, 6.45) is 1.57. The minimum atomic E-state index is -3.20. The minimum Gasteiger partial charge on any atom is -0.493 e. The van der Waals surface area contributed by atoms with Gasteiger partial charge in [0.15, 0.2) is 5.78 Å². The fraction of sp³-hybridized carbons (Fsp3) is 0.444. The Hall–Kier alpha value is -2.16. The zero-order chi connectivity index (χ0) is 25.1. The van der Waals surface area contributed by atoms with Crippen molar-refractivity contribution >= 4 is 42.6 Å². The van der Waals surface area contributed by atoms with E-state index in [9.17, 15) is 13.2 Å². The number of aromatic amines is 1. The van der Waals surface area contributed by atoms with Crippen LogP contribution in [0.25, 0.3) is 10.9 Å². The average molecular weight is 560 g/mol.